The van der Waals surface area contributed by atoms with Gasteiger partial charge in [-0.15, -0.1) is 0 Å². The van der Waals surface area contributed by atoms with Crippen LogP contribution in [0, 0.1) is 0 Å². The molecule has 2 amide bonds. The summed E-state index contributed by atoms with van der Waals surface area (Å²) in [6, 6.07) is 5.93. The van der Waals surface area contributed by atoms with E-state index in [0.29, 0.717) is 11.3 Å². The van der Waals surface area contributed by atoms with E-state index in [1.54, 1.807) is 24.3 Å². The number of hydrogen-bond acceptors (Lipinski definition) is 4. The van der Waals surface area contributed by atoms with Gasteiger partial charge in [0.1, 0.15) is 5.75 Å². The number of hydrogen-bond donors (Lipinski definition) is 2. The fourth-order valence-corrected chi connectivity index (χ4v) is 0.995. The van der Waals surface area contributed by atoms with Crippen LogP contribution in [0.25, 0.3) is 0 Å². The summed E-state index contributed by atoms with van der Waals surface area (Å²) >= 11 is 0. The maximum absolute atomic E-state index is 10.7. The average Bonchev–Trinajstić information content (AvgIpc) is 2.16. The normalized spacial score (nSPS) is 10.1. The molecule has 0 atom stereocenters. The van der Waals surface area contributed by atoms with E-state index in [-0.39, 0.29) is 0 Å². The van der Waals surface area contributed by atoms with E-state index in [4.69, 9.17) is 10.5 Å². The molecule has 6 heteroatoms. The Kier molecular flexibility index (Phi) is 4.02. The van der Waals surface area contributed by atoms with Gasteiger partial charge >= 0.3 is 12.0 Å². The first-order valence-electron chi connectivity index (χ1n) is 4.45. The van der Waals surface area contributed by atoms with Crippen molar-refractivity contribution in [3.05, 3.63) is 29.8 Å². The van der Waals surface area contributed by atoms with Crippen molar-refractivity contribution in [3.63, 3.8) is 0 Å². The predicted molar refractivity (Wildman–Crippen MR) is 58.1 cm³/mol. The molecule has 0 bridgehead atoms. The zero-order valence-electron chi connectivity index (χ0n) is 8.64. The second kappa shape index (κ2) is 5.50. The number of carbonyl (C=O) groups is 2. The Balaban J connectivity index is 2.70. The second-order valence-corrected chi connectivity index (χ2v) is 2.90. The van der Waals surface area contributed by atoms with Crippen molar-refractivity contribution in [1.82, 2.24) is 5.43 Å². The molecule has 3 N–H and O–H groups in total. The molecule has 0 saturated carbocycles. The number of hydrazone groups is 1. The molecule has 0 aliphatic heterocycles. The number of nitrogens with two attached hydrogens (primary N) is 1. The molecule has 0 heterocycles. The number of esters is 1. The quantitative estimate of drug-likeness (QED) is 0.339. The summed E-state index contributed by atoms with van der Waals surface area (Å²) in [4.78, 5) is 21.0. The Labute approximate surface area is 92.1 Å². The molecule has 0 fully saturated rings. The summed E-state index contributed by atoms with van der Waals surface area (Å²) in [5.74, 6) is 0.0138. The molecule has 1 aromatic rings. The van der Waals surface area contributed by atoms with Gasteiger partial charge < -0.3 is 10.5 Å². The van der Waals surface area contributed by atoms with Crippen molar-refractivity contribution in [1.29, 1.82) is 0 Å². The number of primary amides is 1. The van der Waals surface area contributed by atoms with Gasteiger partial charge in [-0.3, -0.25) is 4.79 Å². The van der Waals surface area contributed by atoms with Crippen molar-refractivity contribution in [3.8, 4) is 5.75 Å². The highest BCUT2D eigenvalue weighted by Crippen LogP contribution is 2.11. The van der Waals surface area contributed by atoms with E-state index in [1.165, 1.54) is 13.1 Å². The summed E-state index contributed by atoms with van der Waals surface area (Å²) < 4.78 is 4.87. The van der Waals surface area contributed by atoms with Crippen LogP contribution in [0.4, 0.5) is 4.79 Å². The molecule has 0 aromatic heterocycles. The van der Waals surface area contributed by atoms with Gasteiger partial charge in [0, 0.05) is 6.92 Å². The number of amides is 2. The van der Waals surface area contributed by atoms with Gasteiger partial charge in [0.25, 0.3) is 0 Å². The fraction of sp³-hybridized carbons (Fsp3) is 0.100. The van der Waals surface area contributed by atoms with Gasteiger partial charge in [-0.25, -0.2) is 10.2 Å². The van der Waals surface area contributed by atoms with Crippen molar-refractivity contribution < 1.29 is 14.3 Å². The average molecular weight is 221 g/mol. The predicted octanol–water partition coefficient (Wildman–Crippen LogP) is 0.614. The Morgan fingerprint density at radius 1 is 1.50 bits per heavy atom. The molecular formula is C10H11N3O3. The lowest BCUT2D eigenvalue weighted by atomic mass is 10.2. The third-order valence-electron chi connectivity index (χ3n) is 1.51. The molecule has 0 aliphatic rings. The molecule has 0 spiro atoms. The molecule has 0 unspecified atom stereocenters. The highest BCUT2D eigenvalue weighted by Gasteiger charge is 1.98. The van der Waals surface area contributed by atoms with Gasteiger partial charge in [-0.05, 0) is 17.7 Å². The Morgan fingerprint density at radius 3 is 2.88 bits per heavy atom. The van der Waals surface area contributed by atoms with E-state index in [0.717, 1.165) is 0 Å². The highest BCUT2D eigenvalue weighted by molar-refractivity contribution is 5.82. The number of ether oxygens (including phenoxy) is 1. The Hall–Kier alpha value is -2.37. The number of rotatable bonds is 3. The van der Waals surface area contributed by atoms with Crippen LogP contribution in [0.1, 0.15) is 12.5 Å². The first kappa shape index (κ1) is 11.7. The number of nitrogens with zero attached hydrogens (tertiary/aromatic N) is 1. The van der Waals surface area contributed by atoms with Crippen molar-refractivity contribution in [2.45, 2.75) is 6.92 Å². The molecule has 6 nitrogen and oxygen atoms in total. The van der Waals surface area contributed by atoms with Crippen LogP contribution in [0.5, 0.6) is 5.75 Å². The molecule has 1 rings (SSSR count). The SMILES string of the molecule is CC(=O)Oc1cccc(/C=N/NC(N)=O)c1. The van der Waals surface area contributed by atoms with Crippen molar-refractivity contribution in [2.75, 3.05) is 0 Å². The standard InChI is InChI=1S/C10H11N3O3/c1-7(14)16-9-4-2-3-8(5-9)6-12-13-10(11)15/h2-6H,1H3,(H3,11,13,15)/b12-6+. The first-order valence-corrected chi connectivity index (χ1v) is 4.45. The van der Waals surface area contributed by atoms with Crippen LogP contribution < -0.4 is 15.9 Å². The van der Waals surface area contributed by atoms with E-state index in [9.17, 15) is 9.59 Å². The summed E-state index contributed by atoms with van der Waals surface area (Å²) in [6.45, 7) is 1.31. The lowest BCUT2D eigenvalue weighted by Crippen LogP contribution is -2.24. The summed E-state index contributed by atoms with van der Waals surface area (Å²) in [5.41, 5.74) is 7.55. The molecule has 1 aromatic carbocycles. The van der Waals surface area contributed by atoms with Crippen LogP contribution in [-0.4, -0.2) is 18.2 Å². The molecule has 0 radical (unpaired) electrons. The van der Waals surface area contributed by atoms with Gasteiger partial charge in [-0.1, -0.05) is 12.1 Å². The highest BCUT2D eigenvalue weighted by atomic mass is 16.5. The minimum atomic E-state index is -0.743. The van der Waals surface area contributed by atoms with Crippen LogP contribution in [0.3, 0.4) is 0 Å². The van der Waals surface area contributed by atoms with Gasteiger partial charge in [0.2, 0.25) is 0 Å². The molecule has 0 aliphatic carbocycles. The van der Waals surface area contributed by atoms with Crippen molar-refractivity contribution >= 4 is 18.2 Å². The summed E-state index contributed by atoms with van der Waals surface area (Å²) in [6.07, 6.45) is 1.39. The Bertz CT molecular complexity index is 429. The van der Waals surface area contributed by atoms with Gasteiger partial charge in [-0.2, -0.15) is 5.10 Å². The summed E-state index contributed by atoms with van der Waals surface area (Å²) in [7, 11) is 0. The summed E-state index contributed by atoms with van der Waals surface area (Å²) in [5, 5.41) is 3.57. The molecule has 0 saturated heterocycles. The third-order valence-corrected chi connectivity index (χ3v) is 1.51. The van der Waals surface area contributed by atoms with Crippen LogP contribution in [-0.2, 0) is 4.79 Å². The van der Waals surface area contributed by atoms with Crippen LogP contribution in [0.15, 0.2) is 29.4 Å². The maximum Gasteiger partial charge on any atom is 0.332 e. The first-order chi connectivity index (χ1) is 7.58. The number of carbonyl (C=O) groups excluding carboxylic acids is 2. The minimum absolute atomic E-state index is 0.399. The van der Waals surface area contributed by atoms with E-state index < -0.39 is 12.0 Å². The molecular weight excluding hydrogens is 210 g/mol. The van der Waals surface area contributed by atoms with Crippen molar-refractivity contribution in [2.24, 2.45) is 10.8 Å². The number of nitrogens with one attached hydrogen (secondary N) is 1. The Morgan fingerprint density at radius 2 is 2.25 bits per heavy atom. The smallest absolute Gasteiger partial charge is 0.332 e. The number of urea groups is 1. The zero-order valence-corrected chi connectivity index (χ0v) is 8.64. The van der Waals surface area contributed by atoms with Gasteiger partial charge in [0.05, 0.1) is 6.21 Å². The van der Waals surface area contributed by atoms with Crippen LogP contribution >= 0.6 is 0 Å². The fourth-order valence-electron chi connectivity index (χ4n) is 0.995. The van der Waals surface area contributed by atoms with E-state index >= 15 is 0 Å². The lowest BCUT2D eigenvalue weighted by Gasteiger charge is -2.01. The van der Waals surface area contributed by atoms with Crippen LogP contribution in [0.2, 0.25) is 0 Å². The largest absolute Gasteiger partial charge is 0.427 e. The third kappa shape index (κ3) is 4.23. The van der Waals surface area contributed by atoms with E-state index in [2.05, 4.69) is 10.5 Å². The monoisotopic (exact) mass is 221 g/mol. The lowest BCUT2D eigenvalue weighted by molar-refractivity contribution is -0.131. The van der Waals surface area contributed by atoms with Gasteiger partial charge in [0.15, 0.2) is 0 Å². The van der Waals surface area contributed by atoms with E-state index in [1.807, 2.05) is 0 Å². The maximum atomic E-state index is 10.7. The molecule has 84 valence electrons. The zero-order chi connectivity index (χ0) is 12.0. The minimum Gasteiger partial charge on any atom is -0.427 e. The molecule has 16 heavy (non-hydrogen) atoms. The second-order valence-electron chi connectivity index (χ2n) is 2.90. The topological polar surface area (TPSA) is 93.8 Å². The number of benzene rings is 1.